The Balaban J connectivity index is 2.42. The van der Waals surface area contributed by atoms with Crippen LogP contribution in [0.5, 0.6) is 0 Å². The lowest BCUT2D eigenvalue weighted by Crippen LogP contribution is -2.52. The van der Waals surface area contributed by atoms with Crippen LogP contribution in [0, 0.1) is 17.7 Å². The van der Waals surface area contributed by atoms with Gasteiger partial charge in [-0.1, -0.05) is 20.8 Å². The number of nitrogens with zero attached hydrogens (tertiary/aromatic N) is 1. The fourth-order valence-corrected chi connectivity index (χ4v) is 3.56. The smallest absolute Gasteiger partial charge is 0.337 e. The second-order valence-corrected chi connectivity index (χ2v) is 12.4. The summed E-state index contributed by atoms with van der Waals surface area (Å²) in [6, 6.07) is 2.22. The van der Waals surface area contributed by atoms with Gasteiger partial charge in [-0.05, 0) is 24.2 Å². The molecule has 1 fully saturated rings. The van der Waals surface area contributed by atoms with Gasteiger partial charge in [-0.25, -0.2) is 9.36 Å². The van der Waals surface area contributed by atoms with Gasteiger partial charge in [0, 0.05) is 6.20 Å². The van der Waals surface area contributed by atoms with Crippen molar-refractivity contribution in [3.8, 4) is 0 Å². The first kappa shape index (κ1) is 19.8. The topological polar surface area (TPSA) is 100 Å². The summed E-state index contributed by atoms with van der Waals surface area (Å²) in [5, 5.41) is 16.4. The number of aliphatic hydroxyl groups excluding tert-OH is 1. The number of aromatic amines is 1. The maximum absolute atomic E-state index is 15.0. The second kappa shape index (κ2) is 6.32. The van der Waals surface area contributed by atoms with Gasteiger partial charge in [-0.3, -0.25) is 10.4 Å². The van der Waals surface area contributed by atoms with Crippen LogP contribution < -0.4 is 11.2 Å². The lowest BCUT2D eigenvalue weighted by Gasteiger charge is -2.40. The lowest BCUT2D eigenvalue weighted by atomic mass is 10.1. The highest BCUT2D eigenvalue weighted by molar-refractivity contribution is 6.74. The summed E-state index contributed by atoms with van der Waals surface area (Å²) in [5.74, 6) is -3.57. The number of hydrogen-bond donors (Lipinski definition) is 3. The van der Waals surface area contributed by atoms with Gasteiger partial charge in [0.1, 0.15) is 12.2 Å². The number of hydrogen-bond acceptors (Lipinski definition) is 5. The van der Waals surface area contributed by atoms with Crippen molar-refractivity contribution in [2.24, 2.45) is 0 Å². The highest BCUT2D eigenvalue weighted by atomic mass is 28.4. The van der Waals surface area contributed by atoms with E-state index in [4.69, 9.17) is 14.6 Å². The Hall–Kier alpha value is -1.54. The van der Waals surface area contributed by atoms with Crippen LogP contribution in [0.25, 0.3) is 0 Å². The number of halogens is 2. The summed E-state index contributed by atoms with van der Waals surface area (Å²) in [5.41, 5.74) is -1.35. The van der Waals surface area contributed by atoms with Gasteiger partial charge in [0.05, 0.1) is 6.61 Å². The van der Waals surface area contributed by atoms with Crippen molar-refractivity contribution in [1.29, 1.82) is 5.41 Å². The van der Waals surface area contributed by atoms with Crippen LogP contribution in [0.2, 0.25) is 18.1 Å². The van der Waals surface area contributed by atoms with Crippen molar-refractivity contribution in [2.45, 2.75) is 63.3 Å². The van der Waals surface area contributed by atoms with E-state index in [9.17, 15) is 9.90 Å². The average Bonchev–Trinajstić information content (AvgIpc) is 2.69. The van der Waals surface area contributed by atoms with Crippen molar-refractivity contribution in [3.05, 3.63) is 28.2 Å². The third-order valence-electron chi connectivity index (χ3n) is 4.74. The van der Waals surface area contributed by atoms with E-state index in [0.717, 1.165) is 0 Å². The first-order chi connectivity index (χ1) is 11.3. The molecular weight excluding hydrogens is 352 g/mol. The molecular formula is C15H23F2N3O4Si. The van der Waals surface area contributed by atoms with Gasteiger partial charge in [-0.2, -0.15) is 8.78 Å². The van der Waals surface area contributed by atoms with Gasteiger partial charge in [0.25, 0.3) is 0 Å². The molecule has 1 aliphatic heterocycles. The van der Waals surface area contributed by atoms with Crippen LogP contribution in [0.15, 0.2) is 4.79 Å². The molecule has 2 rings (SSSR count). The lowest BCUT2D eigenvalue weighted by molar-refractivity contribution is -0.138. The van der Waals surface area contributed by atoms with Crippen LogP contribution in [0.1, 0.15) is 27.0 Å². The standard InChI is InChI=1S/C15H23F2N3O4Si/c1-14(2,3)25(4,5)24-11-9(8-21)23-12(15(11,16)17)20-7-6-10(18)19-13(20)22/h9,11-12,21H,8H2,1-5H3,(H2,18,19,22)/t9?,11?,12-/m1/s1. The van der Waals surface area contributed by atoms with Crippen LogP contribution in [0.4, 0.5) is 8.78 Å². The summed E-state index contributed by atoms with van der Waals surface area (Å²) in [6.07, 6.45) is -2.79. The summed E-state index contributed by atoms with van der Waals surface area (Å²) in [6.45, 7) is 8.69. The van der Waals surface area contributed by atoms with Gasteiger partial charge >= 0.3 is 11.6 Å². The van der Waals surface area contributed by atoms with E-state index < -0.39 is 45.0 Å². The van der Waals surface area contributed by atoms with E-state index in [-0.39, 0.29) is 10.5 Å². The molecule has 25 heavy (non-hydrogen) atoms. The van der Waals surface area contributed by atoms with E-state index in [0.29, 0.717) is 4.57 Å². The first-order valence-corrected chi connectivity index (χ1v) is 10.7. The highest BCUT2D eigenvalue weighted by Gasteiger charge is 2.62. The molecule has 0 amide bonds. The highest BCUT2D eigenvalue weighted by Crippen LogP contribution is 2.47. The first-order valence-electron chi connectivity index (χ1n) is 7.83. The van der Waals surface area contributed by atoms with Gasteiger partial charge in [0.2, 0.25) is 6.23 Å². The number of aromatic nitrogens is 2. The van der Waals surface area contributed by atoms with Crippen molar-refractivity contribution >= 4 is 8.32 Å². The largest absolute Gasteiger partial charge is 0.405 e. The molecule has 0 bridgehead atoms. The predicted octanol–water partition coefficient (Wildman–Crippen LogP) is 1.17. The molecule has 0 spiro atoms. The number of H-pyrrole nitrogens is 1. The zero-order valence-electron chi connectivity index (χ0n) is 14.8. The van der Waals surface area contributed by atoms with Crippen LogP contribution >= 0.6 is 0 Å². The minimum atomic E-state index is -3.57. The molecule has 0 radical (unpaired) electrons. The maximum Gasteiger partial charge on any atom is 0.337 e. The molecule has 0 aliphatic carbocycles. The third kappa shape index (κ3) is 3.55. The summed E-state index contributed by atoms with van der Waals surface area (Å²) < 4.78 is 41.6. The number of aliphatic hydroxyl groups is 1. The van der Waals surface area contributed by atoms with Gasteiger partial charge in [-0.15, -0.1) is 0 Å². The average molecular weight is 375 g/mol. The van der Waals surface area contributed by atoms with Gasteiger partial charge < -0.3 is 14.3 Å². The van der Waals surface area contributed by atoms with E-state index >= 15 is 8.78 Å². The molecule has 0 saturated carbocycles. The molecule has 1 aromatic rings. The normalized spacial score (nSPS) is 26.5. The minimum absolute atomic E-state index is 0.321. The number of nitrogens with one attached hydrogen (secondary N) is 2. The Morgan fingerprint density at radius 2 is 2.08 bits per heavy atom. The quantitative estimate of drug-likeness (QED) is 0.688. The number of ether oxygens (including phenoxy) is 1. The number of rotatable bonds is 4. The Kier molecular flexibility index (Phi) is 5.00. The maximum atomic E-state index is 15.0. The Bertz CT molecular complexity index is 741. The molecule has 3 atom stereocenters. The third-order valence-corrected chi connectivity index (χ3v) is 9.20. The van der Waals surface area contributed by atoms with E-state index in [1.807, 2.05) is 33.9 Å². The fourth-order valence-electron chi connectivity index (χ4n) is 2.27. The monoisotopic (exact) mass is 375 g/mol. The van der Waals surface area contributed by atoms with Crippen molar-refractivity contribution in [2.75, 3.05) is 6.61 Å². The van der Waals surface area contributed by atoms with Crippen molar-refractivity contribution in [3.63, 3.8) is 0 Å². The minimum Gasteiger partial charge on any atom is -0.405 e. The summed E-state index contributed by atoms with van der Waals surface area (Å²) in [7, 11) is -2.58. The molecule has 3 N–H and O–H groups in total. The Morgan fingerprint density at radius 3 is 2.56 bits per heavy atom. The molecule has 1 aliphatic rings. The van der Waals surface area contributed by atoms with E-state index in [2.05, 4.69) is 17.2 Å². The molecule has 2 heterocycles. The molecule has 2 unspecified atom stereocenters. The molecule has 7 nitrogen and oxygen atoms in total. The summed E-state index contributed by atoms with van der Waals surface area (Å²) in [4.78, 5) is 13.9. The molecule has 0 aromatic carbocycles. The van der Waals surface area contributed by atoms with Crippen molar-refractivity contribution in [1.82, 2.24) is 9.55 Å². The van der Waals surface area contributed by atoms with Crippen LogP contribution in [-0.2, 0) is 9.16 Å². The van der Waals surface area contributed by atoms with Gasteiger partial charge in [0.15, 0.2) is 13.8 Å². The van der Waals surface area contributed by atoms with Crippen LogP contribution in [0.3, 0.4) is 0 Å². The molecule has 140 valence electrons. The zero-order valence-corrected chi connectivity index (χ0v) is 15.8. The Morgan fingerprint density at radius 1 is 1.48 bits per heavy atom. The Labute approximate surface area is 145 Å². The second-order valence-electron chi connectivity index (χ2n) is 7.59. The predicted molar refractivity (Wildman–Crippen MR) is 86.6 cm³/mol. The molecule has 1 saturated heterocycles. The van der Waals surface area contributed by atoms with Crippen LogP contribution in [-0.4, -0.2) is 47.7 Å². The van der Waals surface area contributed by atoms with E-state index in [1.165, 1.54) is 0 Å². The molecule has 10 heteroatoms. The fraction of sp³-hybridized carbons (Fsp3) is 0.733. The summed E-state index contributed by atoms with van der Waals surface area (Å²) >= 11 is 0. The number of alkyl halides is 2. The SMILES string of the molecule is CC(C)(C)[Si](C)(C)OC1C(CO)O[C@@H](n2c#cc(=N)[nH]c2=O)C1(F)F. The van der Waals surface area contributed by atoms with Crippen molar-refractivity contribution < 1.29 is 23.1 Å². The van der Waals surface area contributed by atoms with E-state index in [1.54, 1.807) is 0 Å². The zero-order chi connectivity index (χ0) is 19.2. The molecule has 1 aromatic heterocycles.